The molecule has 1 N–H and O–H groups in total. The van der Waals surface area contributed by atoms with Crippen LogP contribution in [0.4, 0.5) is 5.69 Å². The van der Waals surface area contributed by atoms with E-state index in [1.165, 1.54) is 0 Å². The lowest BCUT2D eigenvalue weighted by atomic mass is 10.1. The van der Waals surface area contributed by atoms with Crippen molar-refractivity contribution in [3.8, 4) is 17.2 Å². The molecule has 1 aliphatic heterocycles. The largest absolute Gasteiger partial charge is 0.490 e. The van der Waals surface area contributed by atoms with Gasteiger partial charge in [-0.3, -0.25) is 9.59 Å². The number of amides is 2. The van der Waals surface area contributed by atoms with Crippen molar-refractivity contribution in [3.05, 3.63) is 83.9 Å². The van der Waals surface area contributed by atoms with Gasteiger partial charge in [0.2, 0.25) is 5.91 Å². The average molecular weight is 475 g/mol. The summed E-state index contributed by atoms with van der Waals surface area (Å²) in [6.45, 7) is 4.38. The first-order chi connectivity index (χ1) is 17.1. The molecule has 1 fully saturated rings. The molecule has 0 bridgehead atoms. The summed E-state index contributed by atoms with van der Waals surface area (Å²) in [6, 6.07) is 22.2. The second-order valence-electron chi connectivity index (χ2n) is 8.18. The van der Waals surface area contributed by atoms with Gasteiger partial charge < -0.3 is 24.4 Å². The van der Waals surface area contributed by atoms with Crippen LogP contribution in [0, 0.1) is 0 Å². The van der Waals surface area contributed by atoms with E-state index in [4.69, 9.17) is 14.2 Å². The van der Waals surface area contributed by atoms with Gasteiger partial charge in [-0.1, -0.05) is 30.3 Å². The molecule has 0 unspecified atom stereocenters. The van der Waals surface area contributed by atoms with Crippen molar-refractivity contribution in [2.24, 2.45) is 0 Å². The molecule has 0 radical (unpaired) electrons. The fraction of sp³-hybridized carbons (Fsp3) is 0.286. The predicted octanol–water partition coefficient (Wildman–Crippen LogP) is 4.92. The SMILES string of the molecule is CCOc1cc(C(=O)Nc2cccc(CN3CCCC3=O)c2)ccc1OCCOc1ccccc1. The fourth-order valence-electron chi connectivity index (χ4n) is 3.91. The molecule has 1 saturated heterocycles. The first-order valence-corrected chi connectivity index (χ1v) is 11.9. The molecule has 0 aromatic heterocycles. The molecule has 3 aromatic rings. The van der Waals surface area contributed by atoms with E-state index in [1.807, 2.05) is 66.4 Å². The van der Waals surface area contributed by atoms with Crippen LogP contribution in [0.1, 0.15) is 35.7 Å². The molecule has 1 aliphatic rings. The van der Waals surface area contributed by atoms with Gasteiger partial charge in [-0.05, 0) is 61.4 Å². The van der Waals surface area contributed by atoms with Crippen molar-refractivity contribution >= 4 is 17.5 Å². The Hall–Kier alpha value is -4.00. The van der Waals surface area contributed by atoms with Crippen molar-refractivity contribution in [1.29, 1.82) is 0 Å². The zero-order valence-electron chi connectivity index (χ0n) is 19.9. The van der Waals surface area contributed by atoms with E-state index in [2.05, 4.69) is 5.32 Å². The summed E-state index contributed by atoms with van der Waals surface area (Å²) < 4.78 is 17.2. The van der Waals surface area contributed by atoms with Gasteiger partial charge in [-0.15, -0.1) is 0 Å². The number of carbonyl (C=O) groups excluding carboxylic acids is 2. The van der Waals surface area contributed by atoms with Crippen LogP contribution in [-0.4, -0.2) is 43.1 Å². The molecular formula is C28H30N2O5. The van der Waals surface area contributed by atoms with Crippen molar-refractivity contribution in [3.63, 3.8) is 0 Å². The standard InChI is InChI=1S/C28H30N2O5/c1-2-33-26-19-22(13-14-25(26)35-17-16-34-24-10-4-3-5-11-24)28(32)29-23-9-6-8-21(18-23)20-30-15-7-12-27(30)31/h3-6,8-11,13-14,18-19H,2,7,12,15-17,20H2,1H3,(H,29,32). The maximum absolute atomic E-state index is 12.9. The smallest absolute Gasteiger partial charge is 0.255 e. The van der Waals surface area contributed by atoms with E-state index in [0.717, 1.165) is 24.3 Å². The number of carbonyl (C=O) groups is 2. The Morgan fingerprint density at radius 3 is 2.51 bits per heavy atom. The lowest BCUT2D eigenvalue weighted by Gasteiger charge is -2.16. The molecule has 0 atom stereocenters. The topological polar surface area (TPSA) is 77.1 Å². The third-order valence-electron chi connectivity index (χ3n) is 5.59. The van der Waals surface area contributed by atoms with E-state index in [1.54, 1.807) is 18.2 Å². The summed E-state index contributed by atoms with van der Waals surface area (Å²) >= 11 is 0. The zero-order valence-corrected chi connectivity index (χ0v) is 19.9. The van der Waals surface area contributed by atoms with Crippen LogP contribution in [0.2, 0.25) is 0 Å². The molecule has 3 aromatic carbocycles. The van der Waals surface area contributed by atoms with E-state index in [9.17, 15) is 9.59 Å². The summed E-state index contributed by atoms with van der Waals surface area (Å²) in [6.07, 6.45) is 1.51. The molecule has 182 valence electrons. The number of hydrogen-bond acceptors (Lipinski definition) is 5. The second kappa shape index (κ2) is 11.9. The lowest BCUT2D eigenvalue weighted by Crippen LogP contribution is -2.23. The molecule has 35 heavy (non-hydrogen) atoms. The molecule has 7 heteroatoms. The van der Waals surface area contributed by atoms with Gasteiger partial charge in [0.25, 0.3) is 5.91 Å². The van der Waals surface area contributed by atoms with Crippen molar-refractivity contribution in [2.75, 3.05) is 31.7 Å². The Balaban J connectivity index is 1.36. The molecular weight excluding hydrogens is 444 g/mol. The number of rotatable bonds is 11. The Bertz CT molecular complexity index is 1150. The average Bonchev–Trinajstić information content (AvgIpc) is 3.27. The Kier molecular flexibility index (Phi) is 8.22. The number of ether oxygens (including phenoxy) is 3. The van der Waals surface area contributed by atoms with Crippen LogP contribution < -0.4 is 19.5 Å². The van der Waals surface area contributed by atoms with E-state index < -0.39 is 0 Å². The van der Waals surface area contributed by atoms with Crippen LogP contribution in [0.3, 0.4) is 0 Å². The first kappa shape index (κ1) is 24.1. The van der Waals surface area contributed by atoms with Crippen LogP contribution in [0.25, 0.3) is 0 Å². The molecule has 4 rings (SSSR count). The van der Waals surface area contributed by atoms with Crippen molar-refractivity contribution in [2.45, 2.75) is 26.3 Å². The molecule has 0 saturated carbocycles. The summed E-state index contributed by atoms with van der Waals surface area (Å²) in [7, 11) is 0. The number of nitrogens with one attached hydrogen (secondary N) is 1. The number of nitrogens with zero attached hydrogens (tertiary/aromatic N) is 1. The fourth-order valence-corrected chi connectivity index (χ4v) is 3.91. The van der Waals surface area contributed by atoms with Crippen LogP contribution in [0.5, 0.6) is 17.2 Å². The van der Waals surface area contributed by atoms with Crippen LogP contribution in [0.15, 0.2) is 72.8 Å². The quantitative estimate of drug-likeness (QED) is 0.399. The highest BCUT2D eigenvalue weighted by Gasteiger charge is 2.20. The second-order valence-corrected chi connectivity index (χ2v) is 8.18. The number of para-hydroxylation sites is 1. The minimum absolute atomic E-state index is 0.178. The number of anilines is 1. The maximum atomic E-state index is 12.9. The Morgan fingerprint density at radius 2 is 1.74 bits per heavy atom. The normalized spacial score (nSPS) is 12.9. The maximum Gasteiger partial charge on any atom is 0.255 e. The van der Waals surface area contributed by atoms with E-state index in [0.29, 0.717) is 55.5 Å². The van der Waals surface area contributed by atoms with Gasteiger partial charge in [0.1, 0.15) is 19.0 Å². The molecule has 2 amide bonds. The summed E-state index contributed by atoms with van der Waals surface area (Å²) in [5.74, 6) is 1.76. The van der Waals surface area contributed by atoms with E-state index in [-0.39, 0.29) is 11.8 Å². The first-order valence-electron chi connectivity index (χ1n) is 11.9. The van der Waals surface area contributed by atoms with E-state index >= 15 is 0 Å². The van der Waals surface area contributed by atoms with Gasteiger partial charge in [-0.25, -0.2) is 0 Å². The monoisotopic (exact) mass is 474 g/mol. The summed E-state index contributed by atoms with van der Waals surface area (Å²) in [5, 5.41) is 2.94. The molecule has 0 aliphatic carbocycles. The lowest BCUT2D eigenvalue weighted by molar-refractivity contribution is -0.128. The Labute approximate surface area is 205 Å². The minimum Gasteiger partial charge on any atom is -0.490 e. The van der Waals surface area contributed by atoms with Gasteiger partial charge in [0, 0.05) is 30.8 Å². The van der Waals surface area contributed by atoms with Crippen LogP contribution >= 0.6 is 0 Å². The van der Waals surface area contributed by atoms with Crippen molar-refractivity contribution in [1.82, 2.24) is 4.90 Å². The number of likely N-dealkylation sites (tertiary alicyclic amines) is 1. The van der Waals surface area contributed by atoms with Gasteiger partial charge in [0.15, 0.2) is 11.5 Å². The number of hydrogen-bond donors (Lipinski definition) is 1. The highest BCUT2D eigenvalue weighted by atomic mass is 16.5. The van der Waals surface area contributed by atoms with Crippen LogP contribution in [-0.2, 0) is 11.3 Å². The minimum atomic E-state index is -0.251. The van der Waals surface area contributed by atoms with Gasteiger partial charge >= 0.3 is 0 Å². The highest BCUT2D eigenvalue weighted by Crippen LogP contribution is 2.29. The van der Waals surface area contributed by atoms with Gasteiger partial charge in [-0.2, -0.15) is 0 Å². The third-order valence-corrected chi connectivity index (χ3v) is 5.59. The molecule has 1 heterocycles. The summed E-state index contributed by atoms with van der Waals surface area (Å²) in [4.78, 5) is 26.7. The van der Waals surface area contributed by atoms with Gasteiger partial charge in [0.05, 0.1) is 6.61 Å². The Morgan fingerprint density at radius 1 is 0.914 bits per heavy atom. The third kappa shape index (κ3) is 6.76. The van der Waals surface area contributed by atoms with Crippen molar-refractivity contribution < 1.29 is 23.8 Å². The number of benzene rings is 3. The molecule has 0 spiro atoms. The zero-order chi connectivity index (χ0) is 24.5. The molecule has 7 nitrogen and oxygen atoms in total. The highest BCUT2D eigenvalue weighted by molar-refractivity contribution is 6.04. The predicted molar refractivity (Wildman–Crippen MR) is 134 cm³/mol. The summed E-state index contributed by atoms with van der Waals surface area (Å²) in [5.41, 5.74) is 2.12.